The Bertz CT molecular complexity index is 2750. The molecule has 0 radical (unpaired) electrons. The number of rotatable bonds is 14. The summed E-state index contributed by atoms with van der Waals surface area (Å²) in [6.45, 7) is 66.4. The zero-order valence-corrected chi connectivity index (χ0v) is 86.4. The summed E-state index contributed by atoms with van der Waals surface area (Å²) in [6.07, 6.45) is 2.19. The van der Waals surface area contributed by atoms with Crippen LogP contribution in [-0.2, 0) is 4.74 Å². The predicted octanol–water partition coefficient (Wildman–Crippen LogP) is 31.5. The van der Waals surface area contributed by atoms with Crippen molar-refractivity contribution in [1.82, 2.24) is 10.6 Å². The molecule has 127 heavy (non-hydrogen) atoms. The minimum absolute atomic E-state index is 0. The van der Waals surface area contributed by atoms with E-state index in [1.54, 1.807) is 14.2 Å². The van der Waals surface area contributed by atoms with Crippen molar-refractivity contribution in [3.8, 4) is 0 Å². The number of nitrogens with zero attached hydrogens (tertiary/aromatic N) is 10. The predicted molar refractivity (Wildman–Crippen MR) is 574 cm³/mol. The van der Waals surface area contributed by atoms with Crippen LogP contribution in [0.1, 0.15) is 221 Å². The maximum absolute atomic E-state index is 5.35. The quantitative estimate of drug-likeness (QED) is 0.0456. The lowest BCUT2D eigenvalue weighted by atomic mass is 10.1. The van der Waals surface area contributed by atoms with E-state index in [0.717, 1.165) is 122 Å². The van der Waals surface area contributed by atoms with Gasteiger partial charge in [0, 0.05) is 25.3 Å². The van der Waals surface area contributed by atoms with E-state index < -0.39 is 0 Å². The molecule has 0 aliphatic carbocycles. The molecule has 0 fully saturated rings. The van der Waals surface area contributed by atoms with Crippen molar-refractivity contribution in [2.24, 2.45) is 97.0 Å². The number of nitrogens with two attached hydrogens (primary N) is 8. The third-order valence-electron chi connectivity index (χ3n) is 10.3. The molecule has 0 bridgehead atoms. The van der Waals surface area contributed by atoms with Crippen molar-refractivity contribution in [2.45, 2.75) is 232 Å². The molecule has 0 atom stereocenters. The molecule has 0 amide bonds. The summed E-state index contributed by atoms with van der Waals surface area (Å²) >= 11 is 0. The molecule has 0 aromatic heterocycles. The Hall–Kier alpha value is -10.2. The third kappa shape index (κ3) is 154. The number of azo groups is 5. The lowest BCUT2D eigenvalue weighted by Crippen LogP contribution is -2.26. The zero-order valence-electron chi connectivity index (χ0n) is 86.4. The summed E-state index contributed by atoms with van der Waals surface area (Å²) in [4.78, 5) is 0. The van der Waals surface area contributed by atoms with Gasteiger partial charge in [-0.15, -0.1) is 0 Å². The summed E-state index contributed by atoms with van der Waals surface area (Å²) in [6, 6.07) is 96.9. The highest BCUT2D eigenvalue weighted by Gasteiger charge is 1.97. The first-order valence-electron chi connectivity index (χ1n) is 45.6. The van der Waals surface area contributed by atoms with Gasteiger partial charge < -0.3 is 61.2 Å². The van der Waals surface area contributed by atoms with E-state index in [9.17, 15) is 0 Å². The Morgan fingerprint density at radius 1 is 0.213 bits per heavy atom. The Kier molecular flexibility index (Phi) is 162. The highest BCUT2D eigenvalue weighted by atomic mass is 16.4. The van der Waals surface area contributed by atoms with Gasteiger partial charge in [-0.25, -0.2) is 0 Å². The highest BCUT2D eigenvalue weighted by Crippen LogP contribution is 2.21. The number of ether oxygens (including phenoxy) is 1. The van der Waals surface area contributed by atoms with E-state index in [0.29, 0.717) is 0 Å². The van der Waals surface area contributed by atoms with Crippen LogP contribution in [0.25, 0.3) is 0 Å². The zero-order chi connectivity index (χ0) is 100. The van der Waals surface area contributed by atoms with Crippen LogP contribution in [-0.4, -0.2) is 91.8 Å². The largest absolute Gasteiger partial charge is 0.388 e. The van der Waals surface area contributed by atoms with Gasteiger partial charge in [-0.2, -0.15) is 51.1 Å². The second-order valence-electron chi connectivity index (χ2n) is 24.1. The molecule has 0 aliphatic heterocycles. The summed E-state index contributed by atoms with van der Waals surface area (Å²) in [7, 11) is 7.11. The molecule has 0 unspecified atom stereocenters. The molecular weight excluding hydrogens is 1570 g/mol. The van der Waals surface area contributed by atoms with E-state index in [4.69, 9.17) is 45.9 Å². The molecule has 21 nitrogen and oxygen atoms in total. The Morgan fingerprint density at radius 2 is 0.268 bits per heavy atom. The van der Waals surface area contributed by atoms with Gasteiger partial charge in [-0.1, -0.05) is 348 Å². The monoisotopic (exact) mass is 1760 g/mol. The molecule has 0 saturated heterocycles. The maximum atomic E-state index is 5.35. The molecule has 18 N–H and O–H groups in total. The van der Waals surface area contributed by atoms with Crippen LogP contribution in [0.5, 0.6) is 0 Å². The second kappa shape index (κ2) is 139. The smallest absolute Gasteiger partial charge is 0.0857 e. The van der Waals surface area contributed by atoms with Crippen LogP contribution in [0.15, 0.2) is 354 Å². The van der Waals surface area contributed by atoms with Crippen LogP contribution in [0.4, 0.5) is 56.9 Å². The minimum atomic E-state index is 0. The van der Waals surface area contributed by atoms with E-state index in [1.165, 1.54) is 0 Å². The maximum Gasteiger partial charge on any atom is 0.0857 e. The first-order chi connectivity index (χ1) is 61.5. The normalized spacial score (nSPS) is 8.80. The van der Waals surface area contributed by atoms with Gasteiger partial charge in [0.1, 0.15) is 0 Å². The second-order valence-corrected chi connectivity index (χ2v) is 24.1. The van der Waals surface area contributed by atoms with Gasteiger partial charge in [-0.05, 0) is 242 Å². The number of benzene rings is 10. The van der Waals surface area contributed by atoms with Gasteiger partial charge in [0.2, 0.25) is 0 Å². The van der Waals surface area contributed by atoms with Gasteiger partial charge in [0.15, 0.2) is 0 Å². The van der Waals surface area contributed by atoms with Crippen LogP contribution in [0.3, 0.4) is 0 Å². The minimum Gasteiger partial charge on any atom is -0.388 e. The Morgan fingerprint density at radius 3 is 0.307 bits per heavy atom. The van der Waals surface area contributed by atoms with E-state index >= 15 is 0 Å². The molecule has 0 spiro atoms. The van der Waals surface area contributed by atoms with E-state index in [1.807, 2.05) is 497 Å². The fourth-order valence-corrected chi connectivity index (χ4v) is 5.52. The molecule has 21 heteroatoms. The highest BCUT2D eigenvalue weighted by molar-refractivity contribution is 5.43. The van der Waals surface area contributed by atoms with Crippen molar-refractivity contribution in [3.63, 3.8) is 0 Å². The molecule has 0 saturated carbocycles. The van der Waals surface area contributed by atoms with Gasteiger partial charge in [0.05, 0.1) is 56.9 Å². The molecular formula is C106H190N20O. The van der Waals surface area contributed by atoms with Gasteiger partial charge in [0.25, 0.3) is 0 Å². The van der Waals surface area contributed by atoms with Gasteiger partial charge >= 0.3 is 0 Å². The van der Waals surface area contributed by atoms with Crippen LogP contribution in [0.2, 0.25) is 0 Å². The molecule has 720 valence electrons. The third-order valence-corrected chi connectivity index (χ3v) is 10.3. The van der Waals surface area contributed by atoms with Crippen LogP contribution in [0, 0.1) is 0 Å². The van der Waals surface area contributed by atoms with E-state index in [2.05, 4.69) is 94.2 Å². The van der Waals surface area contributed by atoms with Crippen molar-refractivity contribution in [1.29, 1.82) is 0 Å². The Labute approximate surface area is 780 Å². The van der Waals surface area contributed by atoms with Crippen LogP contribution >= 0.6 is 0 Å². The number of hydrogen-bond donors (Lipinski definition) is 10. The SMILES string of the molecule is CC.CC.CC.CC.CC.CC.CC.CC.CC(C)(C)N.CC(C)(C)N.CCCN.CCCN.CCN.CCN.CCN.CCN.CCNC.CCNC.COC.c1ccc(N=Nc2ccccc2)cc1.c1ccc(N=Nc2ccccc2)cc1.c1ccc(N=Nc2ccccc2)cc1.c1ccc(N=Nc2ccccc2)cc1.c1ccc(N=Nc2ccccc2)cc1. The van der Waals surface area contributed by atoms with Crippen molar-refractivity contribution in [2.75, 3.05) is 80.7 Å². The number of methoxy groups -OCH3 is 1. The summed E-state index contributed by atoms with van der Waals surface area (Å²) < 4.78 is 4.25. The standard InChI is InChI=1S/5C12H10N2.2C4H11N.4C3H9N.4C2H7N.C2H6O.8C2H6/c5*1-3-7-11(8-4-1)13-14-12-9-5-2-6-10-12;2*1-4(2,3)5;2*1-3-4-2;2*1-2-3-4;4*1-2-3;1-3-2;8*1-2/h5*1-10H;2*5H2,1-3H3;2*4H,3H2,1-2H3;2*2-4H2,1H3;4*2-3H2,1H3;1-2H3;8*1-2H3. The summed E-state index contributed by atoms with van der Waals surface area (Å²) in [5.41, 5.74) is 48.9. The fraction of sp³-hybridized carbons (Fsp3) is 0.434. The molecule has 10 rings (SSSR count). The average Bonchev–Trinajstić information content (AvgIpc) is 0.950. The first-order valence-corrected chi connectivity index (χ1v) is 45.6. The van der Waals surface area contributed by atoms with Crippen molar-refractivity contribution in [3.05, 3.63) is 303 Å². The first kappa shape index (κ1) is 148. The Balaban J connectivity index is -0.0000000915. The summed E-state index contributed by atoms with van der Waals surface area (Å²) in [5, 5.41) is 46.9. The average molecular weight is 1760 g/mol. The molecule has 10 aromatic carbocycles. The lowest BCUT2D eigenvalue weighted by molar-refractivity contribution is 0.277. The van der Waals surface area contributed by atoms with Gasteiger partial charge in [-0.3, -0.25) is 0 Å². The van der Waals surface area contributed by atoms with E-state index in [-0.39, 0.29) is 11.1 Å². The number of hydrogen-bond acceptors (Lipinski definition) is 21. The van der Waals surface area contributed by atoms with Crippen molar-refractivity contribution < 1.29 is 4.74 Å². The molecule has 0 heterocycles. The van der Waals surface area contributed by atoms with Crippen LogP contribution < -0.4 is 56.5 Å². The lowest BCUT2D eigenvalue weighted by Gasteiger charge is -2.06. The number of nitrogens with one attached hydrogen (secondary N) is 2. The summed E-state index contributed by atoms with van der Waals surface area (Å²) in [5.74, 6) is 0. The van der Waals surface area contributed by atoms with Crippen molar-refractivity contribution >= 4 is 56.9 Å². The molecule has 0 aliphatic rings. The fourth-order valence-electron chi connectivity index (χ4n) is 5.52. The molecule has 10 aromatic rings. The topological polar surface area (TPSA) is 365 Å².